The van der Waals surface area contributed by atoms with Crippen molar-refractivity contribution in [2.24, 2.45) is 5.92 Å². The SMILES string of the molecule is C=CC(=O)Nc1cccc(Nc2nc(Nc3ccc(OCCOCCCC(=O)CCCC(=O)NCCCOCCOCCOCCCNC(=O)CCCC[C@@H]4SC[C@@H]5NC(=O)C[C@@H]54)c(F)c3)ncc2C#N)c1. The van der Waals surface area contributed by atoms with Crippen molar-refractivity contribution in [2.45, 2.75) is 88.3 Å². The first-order valence-electron chi connectivity index (χ1n) is 24.6. The zero-order valence-corrected chi connectivity index (χ0v) is 41.6. The van der Waals surface area contributed by atoms with Crippen LogP contribution in [-0.2, 0) is 42.9 Å². The molecular formula is C51H68FN9O10S. The maximum absolute atomic E-state index is 14.9. The van der Waals surface area contributed by atoms with Gasteiger partial charge < -0.3 is 55.6 Å². The molecule has 0 spiro atoms. The molecule has 3 aromatic rings. The highest BCUT2D eigenvalue weighted by Gasteiger charge is 2.42. The standard InChI is InChI=1S/C51H68FN9O10S/c1-2-46(63)57-37-10-5-11-38(30-37)58-50-36(33-53)34-56-51(61-50)59-39-17-18-44(42(52)31-39)71-29-28-67-21-7-13-40(62)12-6-16-48(65)55-20-9-23-69-25-27-70-26-24-68-22-8-19-54-47(64)15-4-3-14-45-41-32-49(66)60-43(41)35-72-45/h2,5,10-11,17-18,30-31,34,41,43,45H,1,3-4,6-9,12-16,19-29,32,35H2,(H,54,64)(H,55,65)(H,57,63)(H,60,66)(H2,56,58,59,61)/t41-,43-,45-/m0/s1. The van der Waals surface area contributed by atoms with Gasteiger partial charge in [0.15, 0.2) is 17.4 Å². The number of amides is 4. The highest BCUT2D eigenvalue weighted by molar-refractivity contribution is 8.00. The number of Topliss-reactive ketones (excluding diaryl/α,β-unsaturated/α-hetero) is 1. The van der Waals surface area contributed by atoms with Gasteiger partial charge in [-0.3, -0.25) is 24.0 Å². The topological polar surface area (TPSA) is 253 Å². The molecule has 19 nitrogen and oxygen atoms in total. The molecule has 2 aliphatic heterocycles. The van der Waals surface area contributed by atoms with Crippen molar-refractivity contribution in [2.75, 3.05) is 94.3 Å². The van der Waals surface area contributed by atoms with Gasteiger partial charge in [-0.05, 0) is 74.9 Å². The number of ether oxygens (including phenoxy) is 5. The van der Waals surface area contributed by atoms with Gasteiger partial charge in [0, 0.05) is 111 Å². The Morgan fingerprint density at radius 2 is 1.44 bits per heavy atom. The number of halogens is 1. The van der Waals surface area contributed by atoms with Crippen molar-refractivity contribution in [1.29, 1.82) is 5.26 Å². The summed E-state index contributed by atoms with van der Waals surface area (Å²) in [6, 6.07) is 13.5. The van der Waals surface area contributed by atoms with Gasteiger partial charge in [0.05, 0.1) is 39.2 Å². The van der Waals surface area contributed by atoms with Crippen LogP contribution in [0.2, 0.25) is 0 Å². The van der Waals surface area contributed by atoms with Crippen LogP contribution in [0.4, 0.5) is 33.2 Å². The zero-order valence-electron chi connectivity index (χ0n) is 40.8. The largest absolute Gasteiger partial charge is 0.488 e. The molecule has 3 heterocycles. The number of nitrogens with one attached hydrogen (secondary N) is 6. The van der Waals surface area contributed by atoms with Crippen LogP contribution < -0.4 is 36.6 Å². The highest BCUT2D eigenvalue weighted by Crippen LogP contribution is 2.40. The van der Waals surface area contributed by atoms with Crippen molar-refractivity contribution in [3.8, 4) is 11.8 Å². The monoisotopic (exact) mass is 1020 g/mol. The van der Waals surface area contributed by atoms with Crippen molar-refractivity contribution in [3.05, 3.63) is 72.7 Å². The normalized spacial score (nSPS) is 15.7. The number of hydrogen-bond donors (Lipinski definition) is 6. The van der Waals surface area contributed by atoms with E-state index in [4.69, 9.17) is 23.7 Å². The summed E-state index contributed by atoms with van der Waals surface area (Å²) in [6.45, 7) is 7.94. The molecule has 0 radical (unpaired) electrons. The fourth-order valence-electron chi connectivity index (χ4n) is 7.79. The molecule has 0 aliphatic carbocycles. The number of carbonyl (C=O) groups excluding carboxylic acids is 5. The molecule has 72 heavy (non-hydrogen) atoms. The molecule has 390 valence electrons. The molecule has 3 atom stereocenters. The maximum atomic E-state index is 14.9. The third kappa shape index (κ3) is 21.7. The molecule has 0 saturated carbocycles. The van der Waals surface area contributed by atoms with Crippen LogP contribution in [0.15, 0.2) is 61.3 Å². The number of fused-ring (bicyclic) bond motifs is 1. The van der Waals surface area contributed by atoms with Gasteiger partial charge in [0.1, 0.15) is 24.0 Å². The van der Waals surface area contributed by atoms with Crippen LogP contribution in [0, 0.1) is 23.1 Å². The van der Waals surface area contributed by atoms with E-state index >= 15 is 0 Å². The predicted octanol–water partition coefficient (Wildman–Crippen LogP) is 6.26. The molecule has 2 fully saturated rings. The van der Waals surface area contributed by atoms with Gasteiger partial charge in [-0.2, -0.15) is 22.0 Å². The second-order valence-electron chi connectivity index (χ2n) is 17.1. The Morgan fingerprint density at radius 3 is 2.15 bits per heavy atom. The van der Waals surface area contributed by atoms with Crippen LogP contribution in [0.25, 0.3) is 0 Å². The average molecular weight is 1020 g/mol. The molecule has 21 heteroatoms. The summed E-state index contributed by atoms with van der Waals surface area (Å²) >= 11 is 1.95. The molecule has 6 N–H and O–H groups in total. The summed E-state index contributed by atoms with van der Waals surface area (Å²) in [5.41, 5.74) is 1.58. The Labute approximate surface area is 424 Å². The summed E-state index contributed by atoms with van der Waals surface area (Å²) in [5.74, 6) is 0.993. The molecule has 0 unspecified atom stereocenters. The zero-order chi connectivity index (χ0) is 51.2. The molecule has 5 rings (SSSR count). The Bertz CT molecular complexity index is 2270. The Balaban J connectivity index is 0.772. The number of anilines is 5. The highest BCUT2D eigenvalue weighted by atomic mass is 32.2. The van der Waals surface area contributed by atoms with Gasteiger partial charge in [0.25, 0.3) is 0 Å². The van der Waals surface area contributed by atoms with E-state index in [2.05, 4.69) is 48.4 Å². The summed E-state index contributed by atoms with van der Waals surface area (Å²) in [6.07, 6.45) is 9.86. The van der Waals surface area contributed by atoms with Gasteiger partial charge >= 0.3 is 0 Å². The van der Waals surface area contributed by atoms with Crippen LogP contribution in [0.1, 0.15) is 82.6 Å². The third-order valence-electron chi connectivity index (χ3n) is 11.5. The number of benzene rings is 2. The van der Waals surface area contributed by atoms with Crippen LogP contribution in [0.5, 0.6) is 5.75 Å². The quantitative estimate of drug-likeness (QED) is 0.0275. The maximum Gasteiger partial charge on any atom is 0.247 e. The first-order valence-corrected chi connectivity index (χ1v) is 25.7. The van der Waals surface area contributed by atoms with Crippen molar-refractivity contribution < 1.29 is 52.0 Å². The fourth-order valence-corrected chi connectivity index (χ4v) is 9.44. The van der Waals surface area contributed by atoms with E-state index in [9.17, 15) is 33.6 Å². The van der Waals surface area contributed by atoms with E-state index in [1.54, 1.807) is 30.3 Å². The van der Waals surface area contributed by atoms with Crippen molar-refractivity contribution in [3.63, 3.8) is 0 Å². The summed E-state index contributed by atoms with van der Waals surface area (Å²) < 4.78 is 42.7. The number of rotatable bonds is 37. The molecule has 2 saturated heterocycles. The molecule has 4 amide bonds. The lowest BCUT2D eigenvalue weighted by atomic mass is 9.94. The van der Waals surface area contributed by atoms with Crippen molar-refractivity contribution in [1.82, 2.24) is 25.9 Å². The third-order valence-corrected chi connectivity index (χ3v) is 13.0. The van der Waals surface area contributed by atoms with Crippen LogP contribution in [-0.4, -0.2) is 129 Å². The Hall–Kier alpha value is -6.18. The van der Waals surface area contributed by atoms with E-state index < -0.39 is 5.82 Å². The first-order chi connectivity index (χ1) is 35.1. The molecular weight excluding hydrogens is 950 g/mol. The molecule has 2 aromatic carbocycles. The number of carbonyl (C=O) groups is 5. The van der Waals surface area contributed by atoms with Crippen LogP contribution in [0.3, 0.4) is 0 Å². The number of hydrogen-bond acceptors (Lipinski definition) is 16. The van der Waals surface area contributed by atoms with E-state index in [0.717, 1.165) is 37.5 Å². The van der Waals surface area contributed by atoms with Gasteiger partial charge in [-0.25, -0.2) is 9.37 Å². The average Bonchev–Trinajstić information content (AvgIpc) is 3.93. The van der Waals surface area contributed by atoms with Crippen molar-refractivity contribution >= 4 is 70.0 Å². The second-order valence-corrected chi connectivity index (χ2v) is 18.4. The smallest absolute Gasteiger partial charge is 0.247 e. The number of ketones is 1. The van der Waals surface area contributed by atoms with E-state index in [1.807, 2.05) is 17.8 Å². The van der Waals surface area contributed by atoms with E-state index in [0.29, 0.717) is 139 Å². The molecule has 1 aromatic heterocycles. The Kier molecular flexibility index (Phi) is 25.8. The first kappa shape index (κ1) is 56.7. The lowest BCUT2D eigenvalue weighted by Gasteiger charge is -2.15. The number of nitriles is 1. The predicted molar refractivity (Wildman–Crippen MR) is 272 cm³/mol. The number of aromatic nitrogens is 2. The number of thioether (sulfide) groups is 1. The minimum absolute atomic E-state index is 0.0219. The van der Waals surface area contributed by atoms with Gasteiger partial charge in [0.2, 0.25) is 29.6 Å². The molecule has 2 aliphatic rings. The van der Waals surface area contributed by atoms with E-state index in [-0.39, 0.29) is 72.1 Å². The van der Waals surface area contributed by atoms with E-state index in [1.165, 1.54) is 18.3 Å². The number of unbranched alkanes of at least 4 members (excludes halogenated alkanes) is 1. The second kappa shape index (κ2) is 32.7. The lowest BCUT2D eigenvalue weighted by molar-refractivity contribution is -0.122. The van der Waals surface area contributed by atoms with Gasteiger partial charge in [-0.1, -0.05) is 19.1 Å². The van der Waals surface area contributed by atoms with Crippen LogP contribution >= 0.6 is 11.8 Å². The lowest BCUT2D eigenvalue weighted by Crippen LogP contribution is -2.29. The minimum atomic E-state index is -0.624. The van der Waals surface area contributed by atoms with Gasteiger partial charge in [-0.15, -0.1) is 0 Å². The minimum Gasteiger partial charge on any atom is -0.488 e. The summed E-state index contributed by atoms with van der Waals surface area (Å²) in [4.78, 5) is 68.4. The number of nitrogens with zero attached hydrogens (tertiary/aromatic N) is 3. The fraction of sp³-hybridized carbons (Fsp3) is 0.529. The molecule has 0 bridgehead atoms. The summed E-state index contributed by atoms with van der Waals surface area (Å²) in [7, 11) is 0. The Morgan fingerprint density at radius 1 is 0.792 bits per heavy atom. The summed E-state index contributed by atoms with van der Waals surface area (Å²) in [5, 5.41) is 27.6.